The zero-order valence-electron chi connectivity index (χ0n) is 8.29. The van der Waals surface area contributed by atoms with Crippen molar-refractivity contribution < 1.29 is 21.9 Å². The lowest BCUT2D eigenvalue weighted by molar-refractivity contribution is 0.294. The summed E-state index contributed by atoms with van der Waals surface area (Å²) in [6, 6.07) is 0. The number of sulfone groups is 1. The van der Waals surface area contributed by atoms with Crippen molar-refractivity contribution >= 4 is 19.9 Å². The Hall–Kier alpha value is -0.180. The van der Waals surface area contributed by atoms with Crippen molar-refractivity contribution in [2.24, 2.45) is 0 Å². The summed E-state index contributed by atoms with van der Waals surface area (Å²) < 4.78 is 46.5. The Bertz CT molecular complexity index is 385. The first-order valence-corrected chi connectivity index (χ1v) is 8.09. The summed E-state index contributed by atoms with van der Waals surface area (Å²) in [6.07, 6.45) is 0.186. The molecular weight excluding hydrogens is 242 g/mol. The van der Waals surface area contributed by atoms with Crippen LogP contribution in [0.25, 0.3) is 0 Å². The van der Waals surface area contributed by atoms with E-state index in [0.29, 0.717) is 0 Å². The van der Waals surface area contributed by atoms with Gasteiger partial charge in [0.1, 0.15) is 0 Å². The Kier molecular flexibility index (Phi) is 4.10. The molecule has 0 atom stereocenters. The topological polar surface area (TPSA) is 91.8 Å². The Labute approximate surface area is 89.9 Å². The molecule has 1 saturated heterocycles. The third-order valence-corrected chi connectivity index (χ3v) is 5.82. The summed E-state index contributed by atoms with van der Waals surface area (Å²) in [4.78, 5) is 0. The average Bonchev–Trinajstić information content (AvgIpc) is 2.14. The molecule has 0 aromatic heterocycles. The van der Waals surface area contributed by atoms with Gasteiger partial charge in [0, 0.05) is 19.7 Å². The van der Waals surface area contributed by atoms with E-state index in [2.05, 4.69) is 0 Å². The zero-order chi connectivity index (χ0) is 11.5. The number of sulfonamides is 1. The fourth-order valence-electron chi connectivity index (χ4n) is 1.35. The molecule has 1 fully saturated rings. The number of aliphatic hydroxyl groups excluding tert-OH is 1. The maximum atomic E-state index is 11.6. The van der Waals surface area contributed by atoms with Gasteiger partial charge in [-0.15, -0.1) is 0 Å². The molecule has 0 saturated carbocycles. The second kappa shape index (κ2) is 4.77. The van der Waals surface area contributed by atoms with Crippen molar-refractivity contribution in [3.8, 4) is 0 Å². The van der Waals surface area contributed by atoms with E-state index in [0.717, 1.165) is 0 Å². The van der Waals surface area contributed by atoms with Gasteiger partial charge in [0.25, 0.3) is 0 Å². The molecular formula is C7H15NO5S2. The number of nitrogens with zero attached hydrogens (tertiary/aromatic N) is 1. The van der Waals surface area contributed by atoms with Gasteiger partial charge >= 0.3 is 0 Å². The molecule has 8 heteroatoms. The van der Waals surface area contributed by atoms with Crippen LogP contribution in [-0.2, 0) is 19.9 Å². The fourth-order valence-corrected chi connectivity index (χ4v) is 4.27. The summed E-state index contributed by atoms with van der Waals surface area (Å²) in [5.74, 6) is -0.333. The van der Waals surface area contributed by atoms with Crippen LogP contribution in [0.3, 0.4) is 0 Å². The standard InChI is InChI=1S/C7H15NO5S2/c9-4-1-5-15(12,13)8-2-6-14(10,11)7-3-8/h9H,1-7H2. The number of hydrogen-bond acceptors (Lipinski definition) is 5. The van der Waals surface area contributed by atoms with Crippen LogP contribution in [0.2, 0.25) is 0 Å². The first kappa shape index (κ1) is 12.9. The van der Waals surface area contributed by atoms with Crippen LogP contribution in [0.4, 0.5) is 0 Å². The van der Waals surface area contributed by atoms with Crippen LogP contribution in [0, 0.1) is 0 Å². The van der Waals surface area contributed by atoms with Crippen LogP contribution in [0.1, 0.15) is 6.42 Å². The number of rotatable bonds is 4. The Morgan fingerprint density at radius 2 is 1.73 bits per heavy atom. The van der Waals surface area contributed by atoms with Gasteiger partial charge in [-0.2, -0.15) is 4.31 Å². The highest BCUT2D eigenvalue weighted by atomic mass is 32.2. The van der Waals surface area contributed by atoms with Crippen molar-refractivity contribution in [3.63, 3.8) is 0 Å². The molecule has 1 rings (SSSR count). The lowest BCUT2D eigenvalue weighted by Gasteiger charge is -2.25. The fraction of sp³-hybridized carbons (Fsp3) is 1.00. The minimum atomic E-state index is -3.39. The van der Waals surface area contributed by atoms with Gasteiger partial charge in [-0.25, -0.2) is 16.8 Å². The van der Waals surface area contributed by atoms with Crippen molar-refractivity contribution in [3.05, 3.63) is 0 Å². The Morgan fingerprint density at radius 3 is 2.20 bits per heavy atom. The molecule has 1 N–H and O–H groups in total. The van der Waals surface area contributed by atoms with E-state index in [1.54, 1.807) is 0 Å². The molecule has 1 aliphatic rings. The van der Waals surface area contributed by atoms with Crippen molar-refractivity contribution in [2.75, 3.05) is 37.0 Å². The van der Waals surface area contributed by atoms with Gasteiger partial charge in [-0.1, -0.05) is 0 Å². The number of aliphatic hydroxyl groups is 1. The van der Waals surface area contributed by atoms with E-state index >= 15 is 0 Å². The monoisotopic (exact) mass is 257 g/mol. The van der Waals surface area contributed by atoms with E-state index < -0.39 is 19.9 Å². The number of hydrogen-bond donors (Lipinski definition) is 1. The molecule has 0 unspecified atom stereocenters. The molecule has 1 aliphatic heterocycles. The molecule has 0 radical (unpaired) electrons. The van der Waals surface area contributed by atoms with Gasteiger partial charge in [0.15, 0.2) is 9.84 Å². The molecule has 0 aromatic carbocycles. The summed E-state index contributed by atoms with van der Waals surface area (Å²) in [5.41, 5.74) is 0. The summed E-state index contributed by atoms with van der Waals surface area (Å²) in [5, 5.41) is 8.53. The Balaban J connectivity index is 2.60. The highest BCUT2D eigenvalue weighted by Crippen LogP contribution is 2.10. The van der Waals surface area contributed by atoms with Crippen LogP contribution in [0.5, 0.6) is 0 Å². The molecule has 0 aliphatic carbocycles. The van der Waals surface area contributed by atoms with Gasteiger partial charge in [0.2, 0.25) is 10.0 Å². The molecule has 0 aromatic rings. The van der Waals surface area contributed by atoms with Gasteiger partial charge in [-0.3, -0.25) is 0 Å². The van der Waals surface area contributed by atoms with Gasteiger partial charge < -0.3 is 5.11 Å². The maximum absolute atomic E-state index is 11.6. The first-order chi connectivity index (χ1) is 6.87. The normalized spacial score (nSPS) is 22.7. The Morgan fingerprint density at radius 1 is 1.20 bits per heavy atom. The van der Waals surface area contributed by atoms with Crippen LogP contribution in [-0.4, -0.2) is 63.2 Å². The second-order valence-electron chi connectivity index (χ2n) is 3.44. The van der Waals surface area contributed by atoms with Crippen molar-refractivity contribution in [2.45, 2.75) is 6.42 Å². The lowest BCUT2D eigenvalue weighted by Crippen LogP contribution is -2.44. The molecule has 90 valence electrons. The summed E-state index contributed by atoms with van der Waals surface area (Å²) in [7, 11) is -6.44. The zero-order valence-corrected chi connectivity index (χ0v) is 9.93. The SMILES string of the molecule is O=S1(=O)CCN(S(=O)(=O)CCCO)CC1. The predicted octanol–water partition coefficient (Wildman–Crippen LogP) is -1.57. The van der Waals surface area contributed by atoms with E-state index in [1.165, 1.54) is 4.31 Å². The molecule has 1 heterocycles. The predicted molar refractivity (Wildman–Crippen MR) is 55.7 cm³/mol. The van der Waals surface area contributed by atoms with Crippen LogP contribution in [0.15, 0.2) is 0 Å². The molecule has 6 nitrogen and oxygen atoms in total. The molecule has 15 heavy (non-hydrogen) atoms. The van der Waals surface area contributed by atoms with Crippen molar-refractivity contribution in [1.82, 2.24) is 4.31 Å². The van der Waals surface area contributed by atoms with E-state index in [1.807, 2.05) is 0 Å². The first-order valence-electron chi connectivity index (χ1n) is 4.66. The van der Waals surface area contributed by atoms with Gasteiger partial charge in [-0.05, 0) is 6.42 Å². The van der Waals surface area contributed by atoms with E-state index in [4.69, 9.17) is 5.11 Å². The minimum Gasteiger partial charge on any atom is -0.396 e. The highest BCUT2D eigenvalue weighted by molar-refractivity contribution is 7.92. The quantitative estimate of drug-likeness (QED) is 0.657. The van der Waals surface area contributed by atoms with Gasteiger partial charge in [0.05, 0.1) is 17.3 Å². The van der Waals surface area contributed by atoms with Crippen LogP contribution < -0.4 is 0 Å². The summed E-state index contributed by atoms with van der Waals surface area (Å²) >= 11 is 0. The maximum Gasteiger partial charge on any atom is 0.214 e. The van der Waals surface area contributed by atoms with Crippen LogP contribution >= 0.6 is 0 Å². The largest absolute Gasteiger partial charge is 0.396 e. The summed E-state index contributed by atoms with van der Waals surface area (Å²) in [6.45, 7) is -0.0996. The molecule has 0 bridgehead atoms. The lowest BCUT2D eigenvalue weighted by atomic mass is 10.5. The minimum absolute atomic E-state index is 0.0378. The van der Waals surface area contributed by atoms with Crippen molar-refractivity contribution in [1.29, 1.82) is 0 Å². The van der Waals surface area contributed by atoms with E-state index in [9.17, 15) is 16.8 Å². The smallest absolute Gasteiger partial charge is 0.214 e. The third kappa shape index (κ3) is 3.71. The third-order valence-electron chi connectivity index (χ3n) is 2.26. The highest BCUT2D eigenvalue weighted by Gasteiger charge is 2.29. The molecule has 0 amide bonds. The second-order valence-corrected chi connectivity index (χ2v) is 7.84. The van der Waals surface area contributed by atoms with E-state index in [-0.39, 0.29) is 43.4 Å². The average molecular weight is 257 g/mol. The molecule has 0 spiro atoms.